The van der Waals surface area contributed by atoms with Crippen LogP contribution in [0.4, 0.5) is 0 Å². The first kappa shape index (κ1) is 13.1. The quantitative estimate of drug-likeness (QED) is 0.795. The number of esters is 1. The average Bonchev–Trinajstić information content (AvgIpc) is 3.11. The van der Waals surface area contributed by atoms with Crippen LogP contribution in [-0.2, 0) is 20.7 Å². The first-order valence-corrected chi connectivity index (χ1v) is 7.35. The largest absolute Gasteiger partial charge is 0.467 e. The number of carbonyl (C=O) groups excluding carboxylic acids is 2. The molecule has 1 aliphatic rings. The van der Waals surface area contributed by atoms with E-state index in [0.29, 0.717) is 13.0 Å². The maximum absolute atomic E-state index is 12.3. The highest BCUT2D eigenvalue weighted by Crippen LogP contribution is 2.20. The van der Waals surface area contributed by atoms with E-state index in [9.17, 15) is 9.59 Å². The van der Waals surface area contributed by atoms with Gasteiger partial charge >= 0.3 is 5.97 Å². The summed E-state index contributed by atoms with van der Waals surface area (Å²) >= 11 is 1.53. The number of hydrogen-bond acceptors (Lipinski definition) is 5. The van der Waals surface area contributed by atoms with Crippen molar-refractivity contribution in [2.45, 2.75) is 25.3 Å². The molecule has 1 aliphatic heterocycles. The third-order valence-corrected chi connectivity index (χ3v) is 4.29. The fourth-order valence-corrected chi connectivity index (χ4v) is 3.28. The molecule has 3 rings (SSSR count). The average molecular weight is 293 g/mol. The van der Waals surface area contributed by atoms with E-state index in [1.54, 1.807) is 4.90 Å². The van der Waals surface area contributed by atoms with Crippen LogP contribution < -0.4 is 0 Å². The number of likely N-dealkylation sites (tertiary alicyclic amines) is 1. The number of hydrogen-bond donors (Lipinski definition) is 0. The Morgan fingerprint density at radius 3 is 3.15 bits per heavy atom. The highest BCUT2D eigenvalue weighted by Gasteiger charge is 2.34. The van der Waals surface area contributed by atoms with Crippen LogP contribution in [0.25, 0.3) is 4.96 Å². The van der Waals surface area contributed by atoms with E-state index in [0.717, 1.165) is 17.1 Å². The van der Waals surface area contributed by atoms with Gasteiger partial charge in [0.25, 0.3) is 0 Å². The lowest BCUT2D eigenvalue weighted by molar-refractivity contribution is -0.150. The van der Waals surface area contributed by atoms with Crippen molar-refractivity contribution in [1.29, 1.82) is 0 Å². The summed E-state index contributed by atoms with van der Waals surface area (Å²) in [6, 6.07) is -0.434. The van der Waals surface area contributed by atoms with Crippen LogP contribution in [0.5, 0.6) is 0 Å². The lowest BCUT2D eigenvalue weighted by Crippen LogP contribution is -2.41. The molecule has 1 saturated heterocycles. The van der Waals surface area contributed by atoms with Gasteiger partial charge in [0.15, 0.2) is 4.96 Å². The van der Waals surface area contributed by atoms with Gasteiger partial charge in [-0.1, -0.05) is 0 Å². The predicted octanol–water partition coefficient (Wildman–Crippen LogP) is 1.10. The molecule has 1 fully saturated rings. The van der Waals surface area contributed by atoms with E-state index < -0.39 is 6.04 Å². The van der Waals surface area contributed by atoms with Crippen molar-refractivity contribution in [3.8, 4) is 0 Å². The zero-order valence-electron chi connectivity index (χ0n) is 11.1. The number of methoxy groups -OCH3 is 1. The van der Waals surface area contributed by atoms with Crippen molar-refractivity contribution in [2.24, 2.45) is 0 Å². The molecule has 0 bridgehead atoms. The molecule has 0 N–H and O–H groups in total. The number of imidazole rings is 1. The van der Waals surface area contributed by atoms with Gasteiger partial charge in [0.2, 0.25) is 5.91 Å². The molecule has 0 aromatic carbocycles. The summed E-state index contributed by atoms with van der Waals surface area (Å²) < 4.78 is 6.65. The van der Waals surface area contributed by atoms with Crippen molar-refractivity contribution < 1.29 is 14.3 Å². The third kappa shape index (κ3) is 2.29. The molecule has 0 saturated carbocycles. The zero-order chi connectivity index (χ0) is 14.1. The Kier molecular flexibility index (Phi) is 3.43. The standard InChI is InChI=1S/C13H15N3O3S/c1-19-12(18)10-3-2-4-16(10)11(17)7-9-8-15-5-6-20-13(15)14-9/h5-6,8,10H,2-4,7H2,1H3/t10-/m1/s1. The van der Waals surface area contributed by atoms with Gasteiger partial charge in [-0.05, 0) is 12.8 Å². The van der Waals surface area contributed by atoms with E-state index in [2.05, 4.69) is 4.98 Å². The van der Waals surface area contributed by atoms with Gasteiger partial charge < -0.3 is 9.64 Å². The van der Waals surface area contributed by atoms with Crippen molar-refractivity contribution >= 4 is 28.2 Å². The van der Waals surface area contributed by atoms with Gasteiger partial charge in [-0.2, -0.15) is 0 Å². The number of fused-ring (bicyclic) bond motifs is 1. The Hall–Kier alpha value is -1.89. The van der Waals surface area contributed by atoms with Crippen LogP contribution in [0.3, 0.4) is 0 Å². The summed E-state index contributed by atoms with van der Waals surface area (Å²) in [5, 5.41) is 1.95. The Morgan fingerprint density at radius 1 is 1.55 bits per heavy atom. The van der Waals surface area contributed by atoms with Gasteiger partial charge in [0, 0.05) is 24.3 Å². The Labute approximate surface area is 120 Å². The number of ether oxygens (including phenoxy) is 1. The molecule has 2 aromatic heterocycles. The SMILES string of the molecule is COC(=O)[C@H]1CCCN1C(=O)Cc1cn2ccsc2n1. The second-order valence-corrected chi connectivity index (χ2v) is 5.64. The van der Waals surface area contributed by atoms with Crippen LogP contribution in [0.15, 0.2) is 17.8 Å². The van der Waals surface area contributed by atoms with Crippen molar-refractivity contribution in [2.75, 3.05) is 13.7 Å². The molecule has 0 aliphatic carbocycles. The van der Waals surface area contributed by atoms with Gasteiger partial charge in [0.05, 0.1) is 19.2 Å². The van der Waals surface area contributed by atoms with Gasteiger partial charge in [-0.15, -0.1) is 11.3 Å². The maximum atomic E-state index is 12.3. The summed E-state index contributed by atoms with van der Waals surface area (Å²) in [5.41, 5.74) is 0.734. The van der Waals surface area contributed by atoms with E-state index in [4.69, 9.17) is 4.74 Å². The van der Waals surface area contributed by atoms with Crippen LogP contribution in [0.1, 0.15) is 18.5 Å². The van der Waals surface area contributed by atoms with Crippen molar-refractivity contribution in [3.05, 3.63) is 23.5 Å². The fraction of sp³-hybridized carbons (Fsp3) is 0.462. The minimum atomic E-state index is -0.434. The van der Waals surface area contributed by atoms with Crippen LogP contribution in [0.2, 0.25) is 0 Å². The number of aromatic nitrogens is 2. The van der Waals surface area contributed by atoms with Gasteiger partial charge in [-0.25, -0.2) is 9.78 Å². The van der Waals surface area contributed by atoms with E-state index in [1.807, 2.05) is 22.2 Å². The molecule has 7 heteroatoms. The Morgan fingerprint density at radius 2 is 2.40 bits per heavy atom. The highest BCUT2D eigenvalue weighted by molar-refractivity contribution is 7.15. The topological polar surface area (TPSA) is 63.9 Å². The van der Waals surface area contributed by atoms with Gasteiger partial charge in [-0.3, -0.25) is 9.20 Å². The molecule has 1 atom stereocenters. The summed E-state index contributed by atoms with van der Waals surface area (Å²) in [6.45, 7) is 0.612. The number of rotatable bonds is 3. The summed E-state index contributed by atoms with van der Waals surface area (Å²) in [5.74, 6) is -0.398. The number of amides is 1. The van der Waals surface area contributed by atoms with E-state index in [-0.39, 0.29) is 18.3 Å². The van der Waals surface area contributed by atoms with Crippen LogP contribution in [0, 0.1) is 0 Å². The second-order valence-electron chi connectivity index (χ2n) is 4.77. The van der Waals surface area contributed by atoms with Crippen LogP contribution in [-0.4, -0.2) is 45.9 Å². The zero-order valence-corrected chi connectivity index (χ0v) is 11.9. The third-order valence-electron chi connectivity index (χ3n) is 3.52. The fourth-order valence-electron chi connectivity index (χ4n) is 2.56. The summed E-state index contributed by atoms with van der Waals surface area (Å²) in [6.07, 6.45) is 5.50. The Balaban J connectivity index is 1.72. The molecule has 2 aromatic rings. The van der Waals surface area contributed by atoms with E-state index in [1.165, 1.54) is 18.4 Å². The van der Waals surface area contributed by atoms with Gasteiger partial charge in [0.1, 0.15) is 6.04 Å². The molecular weight excluding hydrogens is 278 g/mol. The summed E-state index contributed by atoms with van der Waals surface area (Å²) in [4.78, 5) is 30.8. The molecule has 106 valence electrons. The number of carbonyl (C=O) groups is 2. The molecule has 0 spiro atoms. The molecular formula is C13H15N3O3S. The summed E-state index contributed by atoms with van der Waals surface area (Å²) in [7, 11) is 1.35. The molecule has 20 heavy (non-hydrogen) atoms. The predicted molar refractivity (Wildman–Crippen MR) is 73.5 cm³/mol. The molecule has 0 unspecified atom stereocenters. The first-order chi connectivity index (χ1) is 9.69. The first-order valence-electron chi connectivity index (χ1n) is 6.47. The van der Waals surface area contributed by atoms with Crippen molar-refractivity contribution in [1.82, 2.24) is 14.3 Å². The van der Waals surface area contributed by atoms with Crippen LogP contribution >= 0.6 is 11.3 Å². The minimum absolute atomic E-state index is 0.0661. The van der Waals surface area contributed by atoms with E-state index >= 15 is 0 Å². The lowest BCUT2D eigenvalue weighted by atomic mass is 10.2. The van der Waals surface area contributed by atoms with Crippen molar-refractivity contribution in [3.63, 3.8) is 0 Å². The molecule has 0 radical (unpaired) electrons. The molecule has 1 amide bonds. The second kappa shape index (κ2) is 5.24. The Bertz CT molecular complexity index is 620. The number of nitrogens with zero attached hydrogens (tertiary/aromatic N) is 3. The smallest absolute Gasteiger partial charge is 0.328 e. The highest BCUT2D eigenvalue weighted by atomic mass is 32.1. The minimum Gasteiger partial charge on any atom is -0.467 e. The molecule has 6 nitrogen and oxygen atoms in total. The normalized spacial score (nSPS) is 18.6. The molecule has 3 heterocycles. The monoisotopic (exact) mass is 293 g/mol. The number of thiazole rings is 1. The maximum Gasteiger partial charge on any atom is 0.328 e. The lowest BCUT2D eigenvalue weighted by Gasteiger charge is -2.22.